The zero-order valence-corrected chi connectivity index (χ0v) is 18.1. The summed E-state index contributed by atoms with van der Waals surface area (Å²) >= 11 is 7.63. The molecule has 0 aliphatic heterocycles. The minimum Gasteiger partial charge on any atom is -0.337 e. The molecule has 0 radical (unpaired) electrons. The van der Waals surface area contributed by atoms with Gasteiger partial charge in [0.05, 0.1) is 21.0 Å². The van der Waals surface area contributed by atoms with Gasteiger partial charge in [-0.2, -0.15) is 0 Å². The van der Waals surface area contributed by atoms with Crippen molar-refractivity contribution in [3.63, 3.8) is 0 Å². The van der Waals surface area contributed by atoms with Gasteiger partial charge in [-0.15, -0.1) is 0 Å². The van der Waals surface area contributed by atoms with Crippen molar-refractivity contribution in [3.05, 3.63) is 81.4 Å². The predicted octanol–water partition coefficient (Wildman–Crippen LogP) is 5.10. The Morgan fingerprint density at radius 3 is 2.87 bits per heavy atom. The molecule has 0 saturated heterocycles. The second kappa shape index (κ2) is 8.83. The lowest BCUT2D eigenvalue weighted by atomic mass is 10.1. The van der Waals surface area contributed by atoms with Crippen molar-refractivity contribution in [2.75, 3.05) is 11.4 Å². The number of fused-ring (bicyclic) bond motifs is 1. The number of carbonyl (C=O) groups is 1. The first-order valence-corrected chi connectivity index (χ1v) is 10.7. The first kappa shape index (κ1) is 21.0. The third-order valence-corrected chi connectivity index (χ3v) is 6.19. The summed E-state index contributed by atoms with van der Waals surface area (Å²) in [6.07, 6.45) is 5.92. The maximum Gasteiger partial charge on any atom is 0.273 e. The second-order valence-electron chi connectivity index (χ2n) is 6.95. The summed E-state index contributed by atoms with van der Waals surface area (Å²) in [6.45, 7) is 2.70. The fourth-order valence-corrected chi connectivity index (χ4v) is 4.52. The van der Waals surface area contributed by atoms with Crippen LogP contribution in [0.3, 0.4) is 0 Å². The van der Waals surface area contributed by atoms with Crippen LogP contribution in [0.4, 0.5) is 10.8 Å². The number of thiazole rings is 1. The Morgan fingerprint density at radius 2 is 2.16 bits per heavy atom. The summed E-state index contributed by atoms with van der Waals surface area (Å²) in [5.41, 5.74) is 1.29. The summed E-state index contributed by atoms with van der Waals surface area (Å²) in [6, 6.07) is 10.00. The lowest BCUT2D eigenvalue weighted by Crippen LogP contribution is -2.32. The van der Waals surface area contributed by atoms with E-state index in [0.29, 0.717) is 40.7 Å². The van der Waals surface area contributed by atoms with Gasteiger partial charge in [-0.1, -0.05) is 35.1 Å². The number of imidazole rings is 1. The Balaban J connectivity index is 1.68. The smallest absolute Gasteiger partial charge is 0.273 e. The molecule has 2 aromatic carbocycles. The molecule has 0 unspecified atom stereocenters. The summed E-state index contributed by atoms with van der Waals surface area (Å²) in [7, 11) is 0. The molecular weight excluding hydrogens is 438 g/mol. The Labute approximate surface area is 186 Å². The van der Waals surface area contributed by atoms with E-state index < -0.39 is 4.92 Å². The number of hydrogen-bond acceptors (Lipinski definition) is 6. The number of nitro benzene ring substituents is 1. The van der Waals surface area contributed by atoms with Crippen LogP contribution in [0, 0.1) is 17.0 Å². The maximum atomic E-state index is 13.4. The number of nitro groups is 1. The zero-order chi connectivity index (χ0) is 22.0. The summed E-state index contributed by atoms with van der Waals surface area (Å²) in [5, 5.41) is 12.4. The van der Waals surface area contributed by atoms with E-state index in [1.807, 2.05) is 22.9 Å². The van der Waals surface area contributed by atoms with Crippen LogP contribution in [0.1, 0.15) is 22.3 Å². The Morgan fingerprint density at radius 1 is 1.32 bits per heavy atom. The molecule has 0 bridgehead atoms. The van der Waals surface area contributed by atoms with E-state index in [2.05, 4.69) is 9.97 Å². The van der Waals surface area contributed by atoms with Crippen LogP contribution < -0.4 is 4.90 Å². The molecule has 8 nitrogen and oxygen atoms in total. The number of rotatable bonds is 7. The Hall–Kier alpha value is -3.30. The lowest BCUT2D eigenvalue weighted by molar-refractivity contribution is -0.385. The molecule has 0 N–H and O–H groups in total. The van der Waals surface area contributed by atoms with Crippen molar-refractivity contribution in [1.82, 2.24) is 14.5 Å². The van der Waals surface area contributed by atoms with Gasteiger partial charge in [-0.05, 0) is 31.5 Å². The lowest BCUT2D eigenvalue weighted by Gasteiger charge is -2.20. The van der Waals surface area contributed by atoms with E-state index in [-0.39, 0.29) is 17.2 Å². The van der Waals surface area contributed by atoms with Crippen LogP contribution in [-0.4, -0.2) is 31.9 Å². The molecule has 158 valence electrons. The van der Waals surface area contributed by atoms with Crippen LogP contribution in [0.2, 0.25) is 5.02 Å². The largest absolute Gasteiger partial charge is 0.337 e. The van der Waals surface area contributed by atoms with Crippen LogP contribution in [-0.2, 0) is 6.54 Å². The highest BCUT2D eigenvalue weighted by Gasteiger charge is 2.24. The number of hydrogen-bond donors (Lipinski definition) is 0. The fourth-order valence-electron chi connectivity index (χ4n) is 3.23. The quantitative estimate of drug-likeness (QED) is 0.285. The van der Waals surface area contributed by atoms with E-state index in [9.17, 15) is 14.9 Å². The van der Waals surface area contributed by atoms with Crippen LogP contribution >= 0.6 is 22.9 Å². The number of nitrogens with zero attached hydrogens (tertiary/aromatic N) is 5. The Bertz CT molecular complexity index is 1260. The number of carbonyl (C=O) groups excluding carboxylic acids is 1. The van der Waals surface area contributed by atoms with Gasteiger partial charge >= 0.3 is 0 Å². The van der Waals surface area contributed by atoms with Gasteiger partial charge in [-0.25, -0.2) is 9.97 Å². The molecule has 10 heteroatoms. The van der Waals surface area contributed by atoms with Crippen molar-refractivity contribution >= 4 is 49.9 Å². The molecule has 0 atom stereocenters. The number of halogens is 1. The van der Waals surface area contributed by atoms with Gasteiger partial charge in [0, 0.05) is 42.7 Å². The molecule has 2 heterocycles. The van der Waals surface area contributed by atoms with Gasteiger partial charge in [0.1, 0.15) is 5.52 Å². The van der Waals surface area contributed by atoms with Crippen molar-refractivity contribution in [3.8, 4) is 0 Å². The molecule has 1 amide bonds. The van der Waals surface area contributed by atoms with E-state index in [4.69, 9.17) is 11.6 Å². The fraction of sp³-hybridized carbons (Fsp3) is 0.190. The number of amides is 1. The highest BCUT2D eigenvalue weighted by atomic mass is 35.5. The van der Waals surface area contributed by atoms with Gasteiger partial charge < -0.3 is 4.57 Å². The standard InChI is InChI=1S/C21H18ClN5O3S/c1-14-6-7-15(12-17(14)27(29)30)20(28)26(10-3-9-25-11-8-23-13-25)21-24-19-16(22)4-2-5-18(19)31-21/h2,4-8,11-13H,3,9-10H2,1H3. The minimum atomic E-state index is -0.479. The topological polar surface area (TPSA) is 94.2 Å². The van der Waals surface area contributed by atoms with Gasteiger partial charge in [0.25, 0.3) is 11.6 Å². The van der Waals surface area contributed by atoms with E-state index >= 15 is 0 Å². The van der Waals surface area contributed by atoms with Crippen LogP contribution in [0.25, 0.3) is 10.2 Å². The van der Waals surface area contributed by atoms with E-state index in [0.717, 1.165) is 4.70 Å². The average Bonchev–Trinajstić information content (AvgIpc) is 3.41. The molecule has 2 aromatic heterocycles. The summed E-state index contributed by atoms with van der Waals surface area (Å²) < 4.78 is 2.79. The third kappa shape index (κ3) is 4.42. The summed E-state index contributed by atoms with van der Waals surface area (Å²) in [5.74, 6) is -0.344. The van der Waals surface area contributed by atoms with Crippen molar-refractivity contribution in [1.29, 1.82) is 0 Å². The van der Waals surface area contributed by atoms with Gasteiger partial charge in [0.2, 0.25) is 0 Å². The van der Waals surface area contributed by atoms with Gasteiger partial charge in [0.15, 0.2) is 5.13 Å². The first-order chi connectivity index (χ1) is 14.9. The van der Waals surface area contributed by atoms with Crippen molar-refractivity contribution in [2.45, 2.75) is 19.9 Å². The first-order valence-electron chi connectivity index (χ1n) is 9.52. The molecule has 0 saturated carbocycles. The minimum absolute atomic E-state index is 0.0865. The normalized spacial score (nSPS) is 11.0. The molecule has 0 spiro atoms. The highest BCUT2D eigenvalue weighted by Crippen LogP contribution is 2.34. The molecular formula is C21H18ClN5O3S. The number of aryl methyl sites for hydroxylation is 2. The number of anilines is 1. The molecule has 0 fully saturated rings. The molecule has 0 aliphatic rings. The van der Waals surface area contributed by atoms with Crippen LogP contribution in [0.15, 0.2) is 55.1 Å². The van der Waals surface area contributed by atoms with Crippen molar-refractivity contribution < 1.29 is 9.72 Å². The van der Waals surface area contributed by atoms with E-state index in [1.165, 1.54) is 17.4 Å². The molecule has 4 rings (SSSR count). The molecule has 4 aromatic rings. The summed E-state index contributed by atoms with van der Waals surface area (Å²) in [4.78, 5) is 34.4. The second-order valence-corrected chi connectivity index (χ2v) is 8.37. The average molecular weight is 456 g/mol. The highest BCUT2D eigenvalue weighted by molar-refractivity contribution is 7.22. The van der Waals surface area contributed by atoms with E-state index in [1.54, 1.807) is 42.5 Å². The molecule has 31 heavy (non-hydrogen) atoms. The zero-order valence-electron chi connectivity index (χ0n) is 16.6. The predicted molar refractivity (Wildman–Crippen MR) is 121 cm³/mol. The van der Waals surface area contributed by atoms with Crippen LogP contribution in [0.5, 0.6) is 0 Å². The maximum absolute atomic E-state index is 13.4. The number of aromatic nitrogens is 3. The monoisotopic (exact) mass is 455 g/mol. The number of para-hydroxylation sites is 1. The SMILES string of the molecule is Cc1ccc(C(=O)N(CCCn2ccnc2)c2nc3c(Cl)cccc3s2)cc1[N+](=O)[O-]. The van der Waals surface area contributed by atoms with Crippen molar-refractivity contribution in [2.24, 2.45) is 0 Å². The molecule has 0 aliphatic carbocycles. The number of benzene rings is 2. The Kier molecular flexibility index (Phi) is 5.97. The third-order valence-electron chi connectivity index (χ3n) is 4.84. The van der Waals surface area contributed by atoms with Gasteiger partial charge in [-0.3, -0.25) is 19.8 Å².